The minimum atomic E-state index is -1.48. The second kappa shape index (κ2) is 25.7. The Morgan fingerprint density at radius 2 is 1.37 bits per heavy atom. The summed E-state index contributed by atoms with van der Waals surface area (Å²) < 4.78 is 0. The number of hydrogen-bond acceptors (Lipinski definition) is 13. The summed E-state index contributed by atoms with van der Waals surface area (Å²) in [6.07, 6.45) is -1.13. The Bertz CT molecular complexity index is 1730. The number of hydrogen-bond donors (Lipinski definition) is 12. The van der Waals surface area contributed by atoms with Gasteiger partial charge in [0.2, 0.25) is 35.4 Å². The van der Waals surface area contributed by atoms with Crippen LogP contribution in [0.1, 0.15) is 43.7 Å². The predicted molar refractivity (Wildman–Crippen MR) is 222 cm³/mol. The van der Waals surface area contributed by atoms with Crippen molar-refractivity contribution >= 4 is 64.9 Å². The van der Waals surface area contributed by atoms with E-state index in [4.69, 9.17) is 51.9 Å². The normalized spacial score (nSPS) is 15.2. The number of rotatable bonds is 27. The van der Waals surface area contributed by atoms with Crippen molar-refractivity contribution in [2.75, 3.05) is 32.7 Å². The number of aldehydes is 1. The molecule has 0 fully saturated rings. The first kappa shape index (κ1) is 50.4. The quantitative estimate of drug-likeness (QED) is 0.0399. The molecule has 0 aliphatic heterocycles. The zero-order chi connectivity index (χ0) is 44.1. The Labute approximate surface area is 353 Å². The molecule has 21 heteroatoms. The van der Waals surface area contributed by atoms with E-state index in [1.54, 1.807) is 36.4 Å². The van der Waals surface area contributed by atoms with Crippen LogP contribution in [0.4, 0.5) is 0 Å². The van der Waals surface area contributed by atoms with E-state index in [2.05, 4.69) is 31.9 Å². The average molecular weight is 867 g/mol. The Balaban J connectivity index is 2.24. The summed E-state index contributed by atoms with van der Waals surface area (Å²) in [4.78, 5) is 90.9. The van der Waals surface area contributed by atoms with Gasteiger partial charge in [-0.1, -0.05) is 59.6 Å². The summed E-state index contributed by atoms with van der Waals surface area (Å²) in [5.41, 5.74) is 28.4. The molecular weight excluding hydrogens is 809 g/mol. The van der Waals surface area contributed by atoms with Crippen molar-refractivity contribution in [1.82, 2.24) is 31.9 Å². The number of halogens is 2. The molecule has 17 N–H and O–H groups in total. The summed E-state index contributed by atoms with van der Waals surface area (Å²) in [7, 11) is 0. The van der Waals surface area contributed by atoms with Crippen molar-refractivity contribution in [1.29, 1.82) is 0 Å². The molecule has 0 bridgehead atoms. The van der Waals surface area contributed by atoms with Crippen molar-refractivity contribution in [2.24, 2.45) is 28.7 Å². The van der Waals surface area contributed by atoms with Gasteiger partial charge >= 0.3 is 0 Å². The van der Waals surface area contributed by atoms with Gasteiger partial charge in [0.25, 0.3) is 0 Å². The molecule has 326 valence electrons. The maximum absolute atomic E-state index is 13.8. The van der Waals surface area contributed by atoms with E-state index < -0.39 is 77.3 Å². The molecular formula is C38H57Cl2N11O8. The Hall–Kier alpha value is -4.73. The first-order valence-electron chi connectivity index (χ1n) is 19.0. The van der Waals surface area contributed by atoms with E-state index in [0.29, 0.717) is 16.9 Å². The van der Waals surface area contributed by atoms with Crippen LogP contribution in [-0.4, -0.2) is 121 Å². The molecule has 0 spiro atoms. The van der Waals surface area contributed by atoms with Gasteiger partial charge in [-0.3, -0.25) is 28.8 Å². The minimum absolute atomic E-state index is 0.0492. The van der Waals surface area contributed by atoms with Gasteiger partial charge in [0.15, 0.2) is 0 Å². The topological polar surface area (TPSA) is 342 Å². The number of aliphatic hydroxyl groups is 1. The highest BCUT2D eigenvalue weighted by Crippen LogP contribution is 2.21. The van der Waals surface area contributed by atoms with Crippen molar-refractivity contribution in [3.63, 3.8) is 0 Å². The lowest BCUT2D eigenvalue weighted by Crippen LogP contribution is -2.60. The second-order valence-electron chi connectivity index (χ2n) is 14.0. The number of carbonyl (C=O) groups is 7. The van der Waals surface area contributed by atoms with E-state index in [1.807, 2.05) is 0 Å². The standard InChI is InChI=1S/C38H57Cl2N11O8/c1-22(53)32(51-34(56)27(9-13-41)47-20-38(45,21-52)12-15-43)37(59)46-16-11-29(48-31(54)18-24-7-8-25(39)19-26(24)40)36(58)49-28(10-14-42)35(57)50-30(33(44)55)17-23-5-3-2-4-6-23/h2-8,19,21-22,27-30,32,47,53H,9-18,20,41-43,45H2,1H3,(H2,44,55)(H,46,59)(H,48,54)(H,49,58)(H,50,57)(H,51,56)/t22-,27+,28+,29+,30-,32+,38+/m1/s1. The lowest BCUT2D eigenvalue weighted by Gasteiger charge is -2.28. The fraction of sp³-hybridized carbons (Fsp3) is 0.500. The lowest BCUT2D eigenvalue weighted by atomic mass is 9.97. The summed E-state index contributed by atoms with van der Waals surface area (Å²) in [5.74, 6) is -4.59. The fourth-order valence-electron chi connectivity index (χ4n) is 5.78. The number of nitrogens with one attached hydrogen (secondary N) is 6. The molecule has 0 heterocycles. The van der Waals surface area contributed by atoms with Crippen molar-refractivity contribution in [3.8, 4) is 0 Å². The van der Waals surface area contributed by atoms with Crippen LogP contribution in [-0.2, 0) is 46.4 Å². The van der Waals surface area contributed by atoms with Crippen LogP contribution < -0.4 is 60.6 Å². The molecule has 6 amide bonds. The molecule has 0 saturated heterocycles. The number of amides is 6. The Morgan fingerprint density at radius 1 is 0.780 bits per heavy atom. The third-order valence-corrected chi connectivity index (χ3v) is 9.72. The van der Waals surface area contributed by atoms with E-state index in [1.165, 1.54) is 19.1 Å². The SMILES string of the molecule is C[C@@H](O)[C@H](NC(=O)[C@H](CCN)NC[C@](N)(C=O)CCN)C(=O)NCC[C@H](NC(=O)Cc1ccc(Cl)cc1Cl)C(=O)N[C@@H](CCN)C(=O)N[C@H](Cc1ccccc1)C(N)=O. The van der Waals surface area contributed by atoms with Crippen LogP contribution in [0.15, 0.2) is 48.5 Å². The van der Waals surface area contributed by atoms with E-state index >= 15 is 0 Å². The Morgan fingerprint density at radius 3 is 1.93 bits per heavy atom. The van der Waals surface area contributed by atoms with Gasteiger partial charge in [0, 0.05) is 29.6 Å². The monoisotopic (exact) mass is 865 g/mol. The van der Waals surface area contributed by atoms with Gasteiger partial charge < -0.3 is 70.5 Å². The Kier molecular flexibility index (Phi) is 22.0. The summed E-state index contributed by atoms with van der Waals surface area (Å²) in [6, 6.07) is 7.11. The molecule has 59 heavy (non-hydrogen) atoms. The number of primary amides is 1. The van der Waals surface area contributed by atoms with Gasteiger partial charge in [0.05, 0.1) is 24.1 Å². The van der Waals surface area contributed by atoms with Crippen LogP contribution in [0.5, 0.6) is 0 Å². The highest BCUT2D eigenvalue weighted by atomic mass is 35.5. The molecule has 2 aromatic rings. The van der Waals surface area contributed by atoms with Gasteiger partial charge in [-0.25, -0.2) is 0 Å². The predicted octanol–water partition coefficient (Wildman–Crippen LogP) is -3.01. The smallest absolute Gasteiger partial charge is 0.245 e. The first-order chi connectivity index (χ1) is 28.0. The number of carbonyl (C=O) groups excluding carboxylic acids is 7. The highest BCUT2D eigenvalue weighted by molar-refractivity contribution is 6.35. The number of benzene rings is 2. The number of nitrogens with two attached hydrogens (primary N) is 5. The number of aliphatic hydroxyl groups excluding tert-OH is 1. The molecule has 0 aromatic heterocycles. The summed E-state index contributed by atoms with van der Waals surface area (Å²) in [5, 5.41) is 26.7. The second-order valence-corrected chi connectivity index (χ2v) is 14.9. The van der Waals surface area contributed by atoms with Gasteiger partial charge in [0.1, 0.15) is 30.5 Å². The minimum Gasteiger partial charge on any atom is -0.391 e. The first-order valence-corrected chi connectivity index (χ1v) is 19.7. The molecule has 2 rings (SSSR count). The van der Waals surface area contributed by atoms with Crippen LogP contribution in [0.3, 0.4) is 0 Å². The molecule has 0 aliphatic carbocycles. The molecule has 2 aromatic carbocycles. The van der Waals surface area contributed by atoms with Crippen LogP contribution in [0, 0.1) is 0 Å². The third kappa shape index (κ3) is 17.6. The van der Waals surface area contributed by atoms with Crippen LogP contribution in [0.25, 0.3) is 0 Å². The zero-order valence-corrected chi connectivity index (χ0v) is 34.4. The summed E-state index contributed by atoms with van der Waals surface area (Å²) in [6.45, 7) is 1.01. The highest BCUT2D eigenvalue weighted by Gasteiger charge is 2.32. The van der Waals surface area contributed by atoms with E-state index in [0.717, 1.165) is 5.56 Å². The van der Waals surface area contributed by atoms with Gasteiger partial charge in [-0.2, -0.15) is 0 Å². The zero-order valence-electron chi connectivity index (χ0n) is 32.9. The van der Waals surface area contributed by atoms with Crippen LogP contribution in [0.2, 0.25) is 10.0 Å². The van der Waals surface area contributed by atoms with Crippen molar-refractivity contribution in [2.45, 2.75) is 87.3 Å². The molecule has 7 atom stereocenters. The molecule has 0 aliphatic rings. The molecule has 0 saturated carbocycles. The van der Waals surface area contributed by atoms with Crippen molar-refractivity contribution < 1.29 is 38.7 Å². The molecule has 0 radical (unpaired) electrons. The molecule has 0 unspecified atom stereocenters. The maximum atomic E-state index is 13.8. The van der Waals surface area contributed by atoms with E-state index in [9.17, 15) is 38.7 Å². The average Bonchev–Trinajstić information content (AvgIpc) is 3.18. The third-order valence-electron chi connectivity index (χ3n) is 9.14. The largest absolute Gasteiger partial charge is 0.391 e. The summed E-state index contributed by atoms with van der Waals surface area (Å²) >= 11 is 12.3. The lowest BCUT2D eigenvalue weighted by molar-refractivity contribution is -0.133. The molecule has 19 nitrogen and oxygen atoms in total. The van der Waals surface area contributed by atoms with Crippen LogP contribution >= 0.6 is 23.2 Å². The fourth-order valence-corrected chi connectivity index (χ4v) is 6.25. The van der Waals surface area contributed by atoms with Gasteiger partial charge in [-0.15, -0.1) is 0 Å². The van der Waals surface area contributed by atoms with Crippen molar-refractivity contribution in [3.05, 3.63) is 69.7 Å². The van der Waals surface area contributed by atoms with E-state index in [-0.39, 0.29) is 76.3 Å². The maximum Gasteiger partial charge on any atom is 0.245 e. The van der Waals surface area contributed by atoms with Gasteiger partial charge in [-0.05, 0) is 75.5 Å².